The highest BCUT2D eigenvalue weighted by atomic mass is 19.1. The summed E-state index contributed by atoms with van der Waals surface area (Å²) in [6, 6.07) is 11.2. The normalized spacial score (nSPS) is 22.4. The number of fused-ring (bicyclic) bond motifs is 8. The van der Waals surface area contributed by atoms with Crippen LogP contribution in [0.2, 0.25) is 0 Å². The Morgan fingerprint density at radius 3 is 2.80 bits per heavy atom. The molecule has 3 atom stereocenters. The maximum absolute atomic E-state index is 15.2. The predicted octanol–water partition coefficient (Wildman–Crippen LogP) is 4.27. The number of benzene rings is 2. The molecule has 3 saturated heterocycles. The Kier molecular flexibility index (Phi) is 7.74. The van der Waals surface area contributed by atoms with E-state index in [1.807, 2.05) is 39.5 Å². The van der Waals surface area contributed by atoms with E-state index in [0.717, 1.165) is 24.7 Å². The SMILES string of the molecule is [2H]C([2H])([2H])Oc1cc(F)ccc1-n1ncc2c(N3C[C@@H]4C[C@H]3C(=O)N3CCCO[C@H](C3)Cn3c(C)nc5cc(F)cc(c53)-c3cccc(n3)N4)nc(CC3CNC3)nc21. The van der Waals surface area contributed by atoms with E-state index < -0.39 is 24.7 Å². The van der Waals surface area contributed by atoms with Crippen LogP contribution >= 0.6 is 0 Å². The summed E-state index contributed by atoms with van der Waals surface area (Å²) in [6.45, 7) is 5.52. The third-order valence-corrected chi connectivity index (χ3v) is 11.3. The minimum absolute atomic E-state index is 0.0767. The fourth-order valence-electron chi connectivity index (χ4n) is 8.59. The van der Waals surface area contributed by atoms with Crippen LogP contribution in [-0.4, -0.2) is 110 Å². The molecule has 0 saturated carbocycles. The van der Waals surface area contributed by atoms with Gasteiger partial charge in [-0.25, -0.2) is 33.4 Å². The molecule has 14 nitrogen and oxygen atoms in total. The molecule has 56 heavy (non-hydrogen) atoms. The lowest BCUT2D eigenvalue weighted by molar-refractivity contribution is -0.133. The Labute approximate surface area is 325 Å². The molecule has 1 amide bonds. The van der Waals surface area contributed by atoms with Crippen molar-refractivity contribution in [1.82, 2.24) is 44.5 Å². The van der Waals surface area contributed by atoms with Gasteiger partial charge in [-0.3, -0.25) is 4.79 Å². The molecule has 8 heterocycles. The average Bonchev–Trinajstić information content (AvgIpc) is 3.81. The van der Waals surface area contributed by atoms with Crippen LogP contribution in [0.1, 0.15) is 28.6 Å². The number of methoxy groups -OCH3 is 1. The Balaban J connectivity index is 1.10. The molecule has 0 spiro atoms. The number of halogens is 2. The van der Waals surface area contributed by atoms with E-state index in [-0.39, 0.29) is 35.4 Å². The zero-order valence-electron chi connectivity index (χ0n) is 33.6. The number of anilines is 2. The van der Waals surface area contributed by atoms with Crippen molar-refractivity contribution in [2.45, 2.75) is 50.9 Å². The number of rotatable bonds is 5. The average molecular weight is 765 g/mol. The predicted molar refractivity (Wildman–Crippen MR) is 205 cm³/mol. The van der Waals surface area contributed by atoms with Crippen LogP contribution in [0.5, 0.6) is 5.75 Å². The van der Waals surface area contributed by atoms with Gasteiger partial charge in [0.2, 0.25) is 5.91 Å². The van der Waals surface area contributed by atoms with Crippen LogP contribution in [0.25, 0.3) is 39.0 Å². The second-order valence-corrected chi connectivity index (χ2v) is 15.1. The maximum Gasteiger partial charge on any atom is 0.245 e. The number of aromatic nitrogens is 7. The summed E-state index contributed by atoms with van der Waals surface area (Å²) in [4.78, 5) is 38.7. The standard InChI is InChI=1S/C40H41F2N11O3/c1-22-45-31-13-25(42)12-28-30-5-3-6-35(47-30)46-26-15-33(40(54)50-9-4-10-56-27(20-50)21-51(22)37(28)31)52(19-26)38-29-18-44-53(32-8-7-24(41)14-34(32)55-2)39(29)49-36(48-38)11-23-16-43-17-23/h3,5-8,12-14,18,23,26-27,33,43H,4,9-11,15-17,19-21H2,1-2H3,(H,46,47)/t26-,27+,33-/m0/s1/i2D3. The first-order valence-corrected chi connectivity index (χ1v) is 19.0. The van der Waals surface area contributed by atoms with Crippen LogP contribution < -0.4 is 20.3 Å². The van der Waals surface area contributed by atoms with Gasteiger partial charge in [0, 0.05) is 56.4 Å². The van der Waals surface area contributed by atoms with Crippen molar-refractivity contribution in [3.63, 3.8) is 0 Å². The van der Waals surface area contributed by atoms with Gasteiger partial charge in [0.25, 0.3) is 0 Å². The summed E-state index contributed by atoms with van der Waals surface area (Å²) in [5.41, 5.74) is 2.99. The highest BCUT2D eigenvalue weighted by Gasteiger charge is 2.42. The molecule has 10 rings (SSSR count). The Bertz CT molecular complexity index is 2620. The smallest absolute Gasteiger partial charge is 0.245 e. The zero-order valence-corrected chi connectivity index (χ0v) is 30.6. The van der Waals surface area contributed by atoms with E-state index >= 15 is 9.18 Å². The largest absolute Gasteiger partial charge is 0.494 e. The summed E-state index contributed by atoms with van der Waals surface area (Å²) in [7, 11) is -2.85. The molecule has 4 aliphatic heterocycles. The molecule has 0 aliphatic carbocycles. The Morgan fingerprint density at radius 1 is 1.04 bits per heavy atom. The molecule has 2 aromatic carbocycles. The Hall–Kier alpha value is -5.74. The summed E-state index contributed by atoms with van der Waals surface area (Å²) in [6.07, 6.45) is 2.81. The van der Waals surface area contributed by atoms with E-state index in [4.69, 9.17) is 33.5 Å². The maximum atomic E-state index is 15.2. The molecule has 0 unspecified atom stereocenters. The lowest BCUT2D eigenvalue weighted by Gasteiger charge is -2.32. The van der Waals surface area contributed by atoms with E-state index in [2.05, 4.69) is 15.7 Å². The summed E-state index contributed by atoms with van der Waals surface area (Å²) in [5, 5.41) is 12.0. The van der Waals surface area contributed by atoms with E-state index in [1.54, 1.807) is 6.20 Å². The summed E-state index contributed by atoms with van der Waals surface area (Å²) in [5.74, 6) is 1.17. The number of hydrogen-bond acceptors (Lipinski definition) is 11. The number of hydrogen-bond donors (Lipinski definition) is 2. The van der Waals surface area contributed by atoms with Crippen molar-refractivity contribution >= 4 is 39.6 Å². The van der Waals surface area contributed by atoms with Gasteiger partial charge in [0.15, 0.2) is 5.65 Å². The van der Waals surface area contributed by atoms with Crippen molar-refractivity contribution in [2.75, 3.05) is 56.6 Å². The monoisotopic (exact) mass is 764 g/mol. The number of ether oxygens (including phenoxy) is 2. The highest BCUT2D eigenvalue weighted by molar-refractivity contribution is 5.94. The van der Waals surface area contributed by atoms with Gasteiger partial charge >= 0.3 is 0 Å². The number of imidazole rings is 1. The molecule has 2 N–H and O–H groups in total. The lowest BCUT2D eigenvalue weighted by atomic mass is 9.99. The molecule has 4 aromatic heterocycles. The van der Waals surface area contributed by atoms with E-state index in [0.29, 0.717) is 103 Å². The van der Waals surface area contributed by atoms with Gasteiger partial charge in [0.1, 0.15) is 52.4 Å². The molecule has 6 bridgehead atoms. The van der Waals surface area contributed by atoms with Crippen molar-refractivity contribution < 1.29 is 27.2 Å². The molecule has 16 heteroatoms. The van der Waals surface area contributed by atoms with Gasteiger partial charge in [-0.15, -0.1) is 0 Å². The first-order valence-electron chi connectivity index (χ1n) is 20.5. The number of carbonyl (C=O) groups is 1. The quantitative estimate of drug-likeness (QED) is 0.260. The number of aryl methyl sites for hydroxylation is 1. The Morgan fingerprint density at radius 2 is 1.95 bits per heavy atom. The first kappa shape index (κ1) is 31.5. The number of nitrogens with zero attached hydrogens (tertiary/aromatic N) is 9. The van der Waals surface area contributed by atoms with Gasteiger partial charge in [0.05, 0.1) is 52.1 Å². The summed E-state index contributed by atoms with van der Waals surface area (Å²) < 4.78 is 68.0. The molecule has 6 aromatic rings. The van der Waals surface area contributed by atoms with Gasteiger partial charge in [-0.1, -0.05) is 6.07 Å². The summed E-state index contributed by atoms with van der Waals surface area (Å²) >= 11 is 0. The lowest BCUT2D eigenvalue weighted by Crippen LogP contribution is -2.48. The molecular formula is C40H41F2N11O3. The molecule has 4 aliphatic rings. The fourth-order valence-corrected chi connectivity index (χ4v) is 8.59. The highest BCUT2D eigenvalue weighted by Crippen LogP contribution is 2.37. The topological polar surface area (TPSA) is 140 Å². The number of amides is 1. The minimum Gasteiger partial charge on any atom is -0.494 e. The van der Waals surface area contributed by atoms with Crippen LogP contribution in [0.4, 0.5) is 20.4 Å². The van der Waals surface area contributed by atoms with Gasteiger partial charge in [-0.05, 0) is 69.1 Å². The zero-order chi connectivity index (χ0) is 40.6. The number of pyridine rings is 1. The third-order valence-electron chi connectivity index (χ3n) is 11.3. The van der Waals surface area contributed by atoms with Crippen molar-refractivity contribution in [3.05, 3.63) is 78.0 Å². The molecule has 0 radical (unpaired) electrons. The van der Waals surface area contributed by atoms with Gasteiger partial charge < -0.3 is 34.5 Å². The van der Waals surface area contributed by atoms with Gasteiger partial charge in [-0.2, -0.15) is 5.10 Å². The van der Waals surface area contributed by atoms with E-state index in [9.17, 15) is 4.39 Å². The number of nitrogens with one attached hydrogen (secondary N) is 2. The first-order chi connectivity index (χ1) is 28.4. The van der Waals surface area contributed by atoms with Crippen LogP contribution in [0, 0.1) is 24.5 Å². The number of carbonyl (C=O) groups excluding carboxylic acids is 1. The van der Waals surface area contributed by atoms with Crippen LogP contribution in [0.3, 0.4) is 0 Å². The second kappa shape index (κ2) is 13.8. The van der Waals surface area contributed by atoms with Crippen molar-refractivity contribution in [3.8, 4) is 22.7 Å². The fraction of sp³-hybridized carbons (Fsp3) is 0.400. The molecular weight excluding hydrogens is 721 g/mol. The molecule has 3 fully saturated rings. The van der Waals surface area contributed by atoms with Crippen LogP contribution in [-0.2, 0) is 22.5 Å². The van der Waals surface area contributed by atoms with Crippen molar-refractivity contribution in [2.24, 2.45) is 5.92 Å². The second-order valence-electron chi connectivity index (χ2n) is 15.1. The molecule has 288 valence electrons. The third kappa shape index (κ3) is 6.07. The van der Waals surface area contributed by atoms with Crippen LogP contribution in [0.15, 0.2) is 54.7 Å². The van der Waals surface area contributed by atoms with E-state index in [1.165, 1.54) is 28.9 Å². The van der Waals surface area contributed by atoms with Crippen molar-refractivity contribution in [1.29, 1.82) is 0 Å². The minimum atomic E-state index is -2.85.